The molecule has 0 saturated heterocycles. The van der Waals surface area contributed by atoms with Crippen LogP contribution in [0.25, 0.3) is 11.1 Å². The van der Waals surface area contributed by atoms with Gasteiger partial charge in [-0.05, 0) is 75.6 Å². The zero-order valence-electron chi connectivity index (χ0n) is 24.6. The molecule has 6 heteroatoms. The van der Waals surface area contributed by atoms with Crippen LogP contribution in [-0.2, 0) is 23.8 Å². The summed E-state index contributed by atoms with van der Waals surface area (Å²) in [6.45, 7) is 5.20. The van der Waals surface area contributed by atoms with E-state index in [0.717, 1.165) is 75.3 Å². The number of aryl methyl sites for hydroxylation is 1. The van der Waals surface area contributed by atoms with Gasteiger partial charge in [0.15, 0.2) is 0 Å². The molecule has 0 aliphatic heterocycles. The van der Waals surface area contributed by atoms with Gasteiger partial charge in [-0.1, -0.05) is 80.5 Å². The minimum atomic E-state index is -0.296. The van der Waals surface area contributed by atoms with E-state index in [1.54, 1.807) is 0 Å². The lowest BCUT2D eigenvalue weighted by Crippen LogP contribution is -2.07. The maximum Gasteiger partial charge on any atom is 0.338 e. The van der Waals surface area contributed by atoms with Gasteiger partial charge in [-0.15, -0.1) is 0 Å². The van der Waals surface area contributed by atoms with Crippen LogP contribution < -0.4 is 0 Å². The van der Waals surface area contributed by atoms with Crippen molar-refractivity contribution in [2.75, 3.05) is 19.8 Å². The monoisotopic (exact) mass is 552 g/mol. The van der Waals surface area contributed by atoms with Crippen LogP contribution in [0.3, 0.4) is 0 Å². The van der Waals surface area contributed by atoms with Crippen LogP contribution in [0.5, 0.6) is 0 Å². The summed E-state index contributed by atoms with van der Waals surface area (Å²) in [6.07, 6.45) is 13.0. The summed E-state index contributed by atoms with van der Waals surface area (Å²) < 4.78 is 15.7. The molecular formula is C34H48O6. The predicted molar refractivity (Wildman–Crippen MR) is 159 cm³/mol. The van der Waals surface area contributed by atoms with Gasteiger partial charge in [0.05, 0.1) is 25.4 Å². The fourth-order valence-electron chi connectivity index (χ4n) is 4.44. The summed E-state index contributed by atoms with van der Waals surface area (Å²) in [6, 6.07) is 15.8. The average Bonchev–Trinajstić information content (AvgIpc) is 2.96. The third-order valence-electron chi connectivity index (χ3n) is 6.86. The number of hydrogen-bond donors (Lipinski definition) is 0. The van der Waals surface area contributed by atoms with Crippen molar-refractivity contribution in [1.82, 2.24) is 0 Å². The Kier molecular flexibility index (Phi) is 17.1. The predicted octanol–water partition coefficient (Wildman–Crippen LogP) is 8.39. The van der Waals surface area contributed by atoms with Gasteiger partial charge in [-0.25, -0.2) is 4.79 Å². The molecule has 0 N–H and O–H groups in total. The number of carbonyl (C=O) groups excluding carboxylic acids is 3. The van der Waals surface area contributed by atoms with Crippen molar-refractivity contribution in [3.05, 3.63) is 59.7 Å². The van der Waals surface area contributed by atoms with Crippen LogP contribution >= 0.6 is 0 Å². The molecule has 0 fully saturated rings. The largest absolute Gasteiger partial charge is 0.466 e. The molecule has 0 aromatic heterocycles. The first-order chi connectivity index (χ1) is 19.5. The highest BCUT2D eigenvalue weighted by molar-refractivity contribution is 5.90. The first-order valence-electron chi connectivity index (χ1n) is 15.1. The number of carbonyl (C=O) groups is 3. The van der Waals surface area contributed by atoms with Crippen molar-refractivity contribution in [3.63, 3.8) is 0 Å². The Morgan fingerprint density at radius 3 is 1.48 bits per heavy atom. The second kappa shape index (κ2) is 20.7. The third kappa shape index (κ3) is 14.9. The SMILES string of the molecule is CCOC(=O)CCCCCCCCCCC(=O)OCCCCCCOC(=O)c1ccc(-c2ccc(C)cc2)cc1. The van der Waals surface area contributed by atoms with E-state index in [9.17, 15) is 14.4 Å². The normalized spacial score (nSPS) is 10.8. The van der Waals surface area contributed by atoms with Crippen molar-refractivity contribution in [2.24, 2.45) is 0 Å². The average molecular weight is 553 g/mol. The molecular weight excluding hydrogens is 504 g/mol. The lowest BCUT2D eigenvalue weighted by Gasteiger charge is -2.07. The zero-order valence-corrected chi connectivity index (χ0v) is 24.6. The summed E-state index contributed by atoms with van der Waals surface area (Å²) in [5, 5.41) is 0. The summed E-state index contributed by atoms with van der Waals surface area (Å²) >= 11 is 0. The number of hydrogen-bond acceptors (Lipinski definition) is 6. The van der Waals surface area contributed by atoms with E-state index in [0.29, 0.717) is 38.2 Å². The van der Waals surface area contributed by atoms with E-state index in [1.807, 2.05) is 31.2 Å². The fourth-order valence-corrected chi connectivity index (χ4v) is 4.44. The molecule has 0 radical (unpaired) electrons. The first kappa shape index (κ1) is 33.1. The Morgan fingerprint density at radius 1 is 0.525 bits per heavy atom. The van der Waals surface area contributed by atoms with Gasteiger partial charge in [0.25, 0.3) is 0 Å². The molecule has 0 aliphatic carbocycles. The number of rotatable bonds is 21. The van der Waals surface area contributed by atoms with E-state index in [4.69, 9.17) is 14.2 Å². The van der Waals surface area contributed by atoms with Crippen molar-refractivity contribution >= 4 is 17.9 Å². The van der Waals surface area contributed by atoms with Gasteiger partial charge in [0.2, 0.25) is 0 Å². The second-order valence-electron chi connectivity index (χ2n) is 10.3. The van der Waals surface area contributed by atoms with Gasteiger partial charge >= 0.3 is 17.9 Å². The number of unbranched alkanes of at least 4 members (excludes halogenated alkanes) is 10. The van der Waals surface area contributed by atoms with Crippen LogP contribution in [0, 0.1) is 6.92 Å². The minimum Gasteiger partial charge on any atom is -0.466 e. The van der Waals surface area contributed by atoms with Crippen LogP contribution in [-0.4, -0.2) is 37.7 Å². The molecule has 0 atom stereocenters. The molecule has 2 aromatic rings. The number of esters is 3. The van der Waals surface area contributed by atoms with E-state index in [2.05, 4.69) is 31.2 Å². The molecule has 0 heterocycles. The Labute approximate surface area is 240 Å². The van der Waals surface area contributed by atoms with Crippen molar-refractivity contribution in [1.29, 1.82) is 0 Å². The lowest BCUT2D eigenvalue weighted by atomic mass is 10.0. The maximum absolute atomic E-state index is 12.3. The molecule has 0 saturated carbocycles. The van der Waals surface area contributed by atoms with E-state index in [1.165, 1.54) is 18.4 Å². The van der Waals surface area contributed by atoms with Gasteiger partial charge in [0, 0.05) is 12.8 Å². The van der Waals surface area contributed by atoms with Crippen molar-refractivity contribution < 1.29 is 28.6 Å². The first-order valence-corrected chi connectivity index (χ1v) is 15.1. The van der Waals surface area contributed by atoms with Crippen LogP contribution in [0.1, 0.15) is 113 Å². The van der Waals surface area contributed by atoms with E-state index in [-0.39, 0.29) is 17.9 Å². The van der Waals surface area contributed by atoms with Crippen LogP contribution in [0.2, 0.25) is 0 Å². The highest BCUT2D eigenvalue weighted by Gasteiger charge is 2.08. The Bertz CT molecular complexity index is 980. The van der Waals surface area contributed by atoms with Gasteiger partial charge in [0.1, 0.15) is 0 Å². The Morgan fingerprint density at radius 2 is 0.950 bits per heavy atom. The quantitative estimate of drug-likeness (QED) is 0.0879. The summed E-state index contributed by atoms with van der Waals surface area (Å²) in [7, 11) is 0. The molecule has 220 valence electrons. The topological polar surface area (TPSA) is 78.9 Å². The standard InChI is InChI=1S/C34H48O6/c1-3-38-32(35)16-12-8-6-4-5-7-9-13-17-33(36)39-26-14-10-11-15-27-40-34(37)31-24-22-30(23-25-31)29-20-18-28(2)19-21-29/h18-25H,3-17,26-27H2,1-2H3. The Balaban J connectivity index is 1.38. The molecule has 0 unspecified atom stereocenters. The van der Waals surface area contributed by atoms with Gasteiger partial charge in [-0.2, -0.15) is 0 Å². The molecule has 40 heavy (non-hydrogen) atoms. The molecule has 0 amide bonds. The van der Waals surface area contributed by atoms with Crippen molar-refractivity contribution in [2.45, 2.75) is 104 Å². The maximum atomic E-state index is 12.3. The van der Waals surface area contributed by atoms with E-state index < -0.39 is 0 Å². The zero-order chi connectivity index (χ0) is 28.8. The summed E-state index contributed by atoms with van der Waals surface area (Å²) in [5.41, 5.74) is 3.98. The highest BCUT2D eigenvalue weighted by Crippen LogP contribution is 2.20. The number of benzene rings is 2. The highest BCUT2D eigenvalue weighted by atomic mass is 16.5. The number of ether oxygens (including phenoxy) is 3. The molecule has 0 spiro atoms. The molecule has 0 aliphatic rings. The molecule has 6 nitrogen and oxygen atoms in total. The molecule has 0 bridgehead atoms. The molecule has 2 aromatic carbocycles. The van der Waals surface area contributed by atoms with Crippen LogP contribution in [0.4, 0.5) is 0 Å². The lowest BCUT2D eigenvalue weighted by molar-refractivity contribution is -0.144. The second-order valence-corrected chi connectivity index (χ2v) is 10.3. The fraction of sp³-hybridized carbons (Fsp3) is 0.559. The Hall–Kier alpha value is -3.15. The van der Waals surface area contributed by atoms with Gasteiger partial charge in [-0.3, -0.25) is 9.59 Å². The van der Waals surface area contributed by atoms with Crippen LogP contribution in [0.15, 0.2) is 48.5 Å². The van der Waals surface area contributed by atoms with E-state index >= 15 is 0 Å². The summed E-state index contributed by atoms with van der Waals surface area (Å²) in [4.78, 5) is 35.5. The van der Waals surface area contributed by atoms with Gasteiger partial charge < -0.3 is 14.2 Å². The summed E-state index contributed by atoms with van der Waals surface area (Å²) in [5.74, 6) is -0.499. The third-order valence-corrected chi connectivity index (χ3v) is 6.86. The minimum absolute atomic E-state index is 0.0931. The van der Waals surface area contributed by atoms with Crippen molar-refractivity contribution in [3.8, 4) is 11.1 Å². The molecule has 2 rings (SSSR count). The smallest absolute Gasteiger partial charge is 0.338 e.